The molecular formula is C24H25N3O2S. The summed E-state index contributed by atoms with van der Waals surface area (Å²) in [6.07, 6.45) is 4.49. The molecule has 2 aromatic carbocycles. The maximum Gasteiger partial charge on any atom is 0.223 e. The molecule has 0 aliphatic carbocycles. The smallest absolute Gasteiger partial charge is 0.223 e. The number of rotatable bonds is 5. The van der Waals surface area contributed by atoms with E-state index in [9.17, 15) is 9.59 Å². The first-order chi connectivity index (χ1) is 14.3. The monoisotopic (exact) mass is 419 g/mol. The zero-order valence-electron chi connectivity index (χ0n) is 17.7. The Morgan fingerprint density at radius 2 is 1.87 bits per heavy atom. The summed E-state index contributed by atoms with van der Waals surface area (Å²) in [5, 5.41) is 0.520. The van der Waals surface area contributed by atoms with E-state index in [0.29, 0.717) is 12.1 Å². The number of aryl methyl sites for hydroxylation is 2. The van der Waals surface area contributed by atoms with E-state index in [0.717, 1.165) is 28.5 Å². The van der Waals surface area contributed by atoms with Gasteiger partial charge in [0.2, 0.25) is 5.91 Å². The van der Waals surface area contributed by atoms with E-state index in [2.05, 4.69) is 37.0 Å². The molecule has 0 spiro atoms. The minimum Gasteiger partial charge on any atom is -0.312 e. The fourth-order valence-electron chi connectivity index (χ4n) is 3.96. The first-order valence-corrected chi connectivity index (χ1v) is 11.0. The summed E-state index contributed by atoms with van der Waals surface area (Å²) in [4.78, 5) is 31.1. The largest absolute Gasteiger partial charge is 0.312 e. The second kappa shape index (κ2) is 8.11. The van der Waals surface area contributed by atoms with Crippen LogP contribution in [0.5, 0.6) is 0 Å². The van der Waals surface area contributed by atoms with Gasteiger partial charge in [0.05, 0.1) is 10.9 Å². The van der Waals surface area contributed by atoms with Crippen molar-refractivity contribution in [3.05, 3.63) is 71.0 Å². The number of nitrogens with zero attached hydrogens (tertiary/aromatic N) is 3. The van der Waals surface area contributed by atoms with E-state index in [1.807, 2.05) is 35.9 Å². The van der Waals surface area contributed by atoms with Crippen LogP contribution in [0.4, 0.5) is 5.69 Å². The molecule has 5 nitrogen and oxygen atoms in total. The van der Waals surface area contributed by atoms with Crippen LogP contribution >= 0.6 is 11.8 Å². The van der Waals surface area contributed by atoms with Crippen LogP contribution in [0.25, 0.3) is 5.69 Å². The number of thioether (sulfide) groups is 1. The predicted octanol–water partition coefficient (Wildman–Crippen LogP) is 4.76. The summed E-state index contributed by atoms with van der Waals surface area (Å²) in [6, 6.07) is 12.0. The molecule has 6 heteroatoms. The van der Waals surface area contributed by atoms with Gasteiger partial charge in [0.1, 0.15) is 0 Å². The highest BCUT2D eigenvalue weighted by Crippen LogP contribution is 2.32. The molecule has 3 aromatic rings. The Hall–Kier alpha value is -2.86. The van der Waals surface area contributed by atoms with Gasteiger partial charge in [-0.05, 0) is 62.6 Å². The first kappa shape index (κ1) is 20.4. The summed E-state index contributed by atoms with van der Waals surface area (Å²) in [5.41, 5.74) is 6.12. The average Bonchev–Trinajstić information content (AvgIpc) is 3.33. The van der Waals surface area contributed by atoms with E-state index in [1.165, 1.54) is 22.9 Å². The number of imidazole rings is 1. The second-order valence-corrected chi connectivity index (χ2v) is 9.07. The number of hydrogen-bond donors (Lipinski definition) is 0. The minimum atomic E-state index is -0.278. The molecule has 0 fully saturated rings. The maximum absolute atomic E-state index is 13.1. The number of ketones is 1. The number of hydrogen-bond acceptors (Lipinski definition) is 4. The molecule has 154 valence electrons. The van der Waals surface area contributed by atoms with E-state index >= 15 is 0 Å². The van der Waals surface area contributed by atoms with Crippen LogP contribution in [0.2, 0.25) is 0 Å². The number of amides is 1. The molecule has 0 saturated carbocycles. The Kier molecular flexibility index (Phi) is 5.52. The summed E-state index contributed by atoms with van der Waals surface area (Å²) in [7, 11) is 0. The fourth-order valence-corrected chi connectivity index (χ4v) is 4.92. The van der Waals surface area contributed by atoms with Crippen molar-refractivity contribution in [1.82, 2.24) is 9.55 Å². The van der Waals surface area contributed by atoms with Gasteiger partial charge in [-0.3, -0.25) is 14.2 Å². The van der Waals surface area contributed by atoms with Crippen molar-refractivity contribution in [1.29, 1.82) is 0 Å². The standard InChI is InChI=1S/C24H25N3O2S/c1-15-5-7-21(16(2)13-15)27-12-10-25-24(27)30-17(3)23(29)20-6-8-22-19(14-20)9-11-26(22)18(4)28/h5-8,10,12-14,17H,9,11H2,1-4H3. The Morgan fingerprint density at radius 3 is 2.60 bits per heavy atom. The highest BCUT2D eigenvalue weighted by molar-refractivity contribution is 8.00. The fraction of sp³-hybridized carbons (Fsp3) is 0.292. The summed E-state index contributed by atoms with van der Waals surface area (Å²) in [6.45, 7) is 8.33. The molecular weight excluding hydrogens is 394 g/mol. The van der Waals surface area contributed by atoms with E-state index in [1.54, 1.807) is 18.0 Å². The predicted molar refractivity (Wildman–Crippen MR) is 121 cm³/mol. The quantitative estimate of drug-likeness (QED) is 0.442. The van der Waals surface area contributed by atoms with Gasteiger partial charge < -0.3 is 4.90 Å². The average molecular weight is 420 g/mol. The SMILES string of the molecule is CC(=O)N1CCc2cc(C(=O)C(C)Sc3nccn3-c3ccc(C)cc3C)ccc21. The number of benzene rings is 2. The Bertz CT molecular complexity index is 1140. The highest BCUT2D eigenvalue weighted by atomic mass is 32.2. The highest BCUT2D eigenvalue weighted by Gasteiger charge is 2.25. The lowest BCUT2D eigenvalue weighted by Gasteiger charge is -2.16. The van der Waals surface area contributed by atoms with E-state index in [-0.39, 0.29) is 16.9 Å². The van der Waals surface area contributed by atoms with Crippen LogP contribution in [0, 0.1) is 13.8 Å². The molecule has 4 rings (SSSR count). The van der Waals surface area contributed by atoms with E-state index in [4.69, 9.17) is 0 Å². The van der Waals surface area contributed by atoms with Crippen LogP contribution in [0.1, 0.15) is 40.9 Å². The molecule has 0 bridgehead atoms. The van der Waals surface area contributed by atoms with Gasteiger partial charge in [0, 0.05) is 37.1 Å². The number of aromatic nitrogens is 2. The van der Waals surface area contributed by atoms with Crippen molar-refractivity contribution in [3.8, 4) is 5.69 Å². The van der Waals surface area contributed by atoms with Gasteiger partial charge in [-0.1, -0.05) is 29.5 Å². The molecule has 1 unspecified atom stereocenters. The van der Waals surface area contributed by atoms with Crippen molar-refractivity contribution in [2.75, 3.05) is 11.4 Å². The third kappa shape index (κ3) is 3.79. The molecule has 1 aliphatic rings. The topological polar surface area (TPSA) is 55.2 Å². The molecule has 30 heavy (non-hydrogen) atoms. The van der Waals surface area contributed by atoms with Crippen molar-refractivity contribution in [2.24, 2.45) is 0 Å². The lowest BCUT2D eigenvalue weighted by Crippen LogP contribution is -2.25. The molecule has 2 heterocycles. The molecule has 0 N–H and O–H groups in total. The number of anilines is 1. The Morgan fingerprint density at radius 1 is 1.10 bits per heavy atom. The molecule has 0 radical (unpaired) electrons. The third-order valence-corrected chi connectivity index (χ3v) is 6.59. The lowest BCUT2D eigenvalue weighted by atomic mass is 10.0. The zero-order valence-corrected chi connectivity index (χ0v) is 18.5. The van der Waals surface area contributed by atoms with Crippen LogP contribution in [0.3, 0.4) is 0 Å². The van der Waals surface area contributed by atoms with Gasteiger partial charge in [-0.25, -0.2) is 4.98 Å². The van der Waals surface area contributed by atoms with Crippen LogP contribution in [-0.4, -0.2) is 33.0 Å². The molecule has 1 atom stereocenters. The van der Waals surface area contributed by atoms with Gasteiger partial charge in [-0.15, -0.1) is 0 Å². The van der Waals surface area contributed by atoms with Crippen molar-refractivity contribution >= 4 is 29.1 Å². The van der Waals surface area contributed by atoms with Crippen molar-refractivity contribution < 1.29 is 9.59 Å². The van der Waals surface area contributed by atoms with Crippen LogP contribution in [0.15, 0.2) is 53.9 Å². The summed E-state index contributed by atoms with van der Waals surface area (Å²) in [5.74, 6) is 0.106. The van der Waals surface area contributed by atoms with Crippen LogP contribution < -0.4 is 4.90 Å². The normalized spacial score (nSPS) is 13.9. The molecule has 1 aromatic heterocycles. The van der Waals surface area contributed by atoms with E-state index < -0.39 is 0 Å². The summed E-state index contributed by atoms with van der Waals surface area (Å²) < 4.78 is 2.04. The zero-order chi connectivity index (χ0) is 21.4. The first-order valence-electron chi connectivity index (χ1n) is 10.1. The minimum absolute atomic E-state index is 0.0370. The van der Waals surface area contributed by atoms with Crippen molar-refractivity contribution in [2.45, 2.75) is 44.5 Å². The number of carbonyl (C=O) groups is 2. The second-order valence-electron chi connectivity index (χ2n) is 7.76. The maximum atomic E-state index is 13.1. The third-order valence-electron chi connectivity index (χ3n) is 5.51. The lowest BCUT2D eigenvalue weighted by molar-refractivity contribution is -0.116. The molecule has 0 saturated heterocycles. The van der Waals surface area contributed by atoms with Crippen LogP contribution in [-0.2, 0) is 11.2 Å². The Balaban J connectivity index is 1.54. The Labute approximate surface area is 181 Å². The van der Waals surface area contributed by atoms with Crippen molar-refractivity contribution in [3.63, 3.8) is 0 Å². The van der Waals surface area contributed by atoms with Gasteiger partial charge in [0.15, 0.2) is 10.9 Å². The number of fused-ring (bicyclic) bond motifs is 1. The molecule has 1 amide bonds. The van der Waals surface area contributed by atoms with Gasteiger partial charge in [-0.2, -0.15) is 0 Å². The number of carbonyl (C=O) groups excluding carboxylic acids is 2. The van der Waals surface area contributed by atoms with Gasteiger partial charge >= 0.3 is 0 Å². The molecule has 1 aliphatic heterocycles. The van der Waals surface area contributed by atoms with Gasteiger partial charge in [0.25, 0.3) is 0 Å². The summed E-state index contributed by atoms with van der Waals surface area (Å²) >= 11 is 1.46. The number of Topliss-reactive ketones (excluding diaryl/α,β-unsaturated/α-hetero) is 1.